The first-order chi connectivity index (χ1) is 9.71. The zero-order valence-electron chi connectivity index (χ0n) is 13.3. The van der Waals surface area contributed by atoms with Gasteiger partial charge in [0.1, 0.15) is 5.82 Å². The van der Waals surface area contributed by atoms with E-state index < -0.39 is 0 Å². The van der Waals surface area contributed by atoms with Gasteiger partial charge in [-0.2, -0.15) is 0 Å². The highest BCUT2D eigenvalue weighted by atomic mass is 19.1. The minimum absolute atomic E-state index is 0.0103. The second-order valence-electron chi connectivity index (χ2n) is 6.43. The van der Waals surface area contributed by atoms with Crippen LogP contribution < -0.4 is 11.1 Å². The predicted molar refractivity (Wildman–Crippen MR) is 83.2 cm³/mol. The van der Waals surface area contributed by atoms with E-state index in [4.69, 9.17) is 5.73 Å². The van der Waals surface area contributed by atoms with Crippen LogP contribution in [0.15, 0.2) is 24.3 Å². The Bertz CT molecular complexity index is 454. The summed E-state index contributed by atoms with van der Waals surface area (Å²) in [5.41, 5.74) is 6.53. The van der Waals surface area contributed by atoms with Crippen molar-refractivity contribution in [3.63, 3.8) is 0 Å². The van der Waals surface area contributed by atoms with Crippen molar-refractivity contribution in [1.29, 1.82) is 0 Å². The van der Waals surface area contributed by atoms with Crippen molar-refractivity contribution < 1.29 is 9.18 Å². The number of halogens is 1. The molecule has 3 N–H and O–H groups in total. The van der Waals surface area contributed by atoms with Gasteiger partial charge in [0.25, 0.3) is 0 Å². The van der Waals surface area contributed by atoms with Crippen molar-refractivity contribution in [2.24, 2.45) is 5.73 Å². The van der Waals surface area contributed by atoms with Gasteiger partial charge in [0.15, 0.2) is 0 Å². The average Bonchev–Trinajstić information content (AvgIpc) is 2.36. The molecule has 0 aromatic heterocycles. The highest BCUT2D eigenvalue weighted by Crippen LogP contribution is 2.10. The largest absolute Gasteiger partial charge is 0.351 e. The van der Waals surface area contributed by atoms with Crippen LogP contribution in [0, 0.1) is 5.82 Å². The molecule has 0 bridgehead atoms. The van der Waals surface area contributed by atoms with E-state index in [0.29, 0.717) is 19.5 Å². The number of nitrogens with two attached hydrogens (primary N) is 1. The minimum Gasteiger partial charge on any atom is -0.351 e. The third-order valence-corrected chi connectivity index (χ3v) is 3.18. The van der Waals surface area contributed by atoms with Crippen molar-refractivity contribution in [1.82, 2.24) is 10.2 Å². The smallest absolute Gasteiger partial charge is 0.222 e. The maximum Gasteiger partial charge on any atom is 0.222 e. The Balaban J connectivity index is 2.58. The molecule has 118 valence electrons. The topological polar surface area (TPSA) is 58.4 Å². The van der Waals surface area contributed by atoms with Crippen LogP contribution in [0.1, 0.15) is 32.8 Å². The summed E-state index contributed by atoms with van der Waals surface area (Å²) in [6.07, 6.45) is 0.353. The molecule has 0 radical (unpaired) electrons. The van der Waals surface area contributed by atoms with Gasteiger partial charge in [-0.3, -0.25) is 9.69 Å². The quantitative estimate of drug-likeness (QED) is 0.842. The molecule has 1 amide bonds. The Morgan fingerprint density at radius 3 is 2.38 bits per heavy atom. The number of hydrogen-bond donors (Lipinski definition) is 2. The Hall–Kier alpha value is -1.46. The van der Waals surface area contributed by atoms with Gasteiger partial charge in [-0.05, 0) is 45.5 Å². The first kappa shape index (κ1) is 17.6. The number of nitrogens with one attached hydrogen (secondary N) is 1. The van der Waals surface area contributed by atoms with Crippen molar-refractivity contribution >= 4 is 5.91 Å². The Kier molecular flexibility index (Phi) is 6.30. The fourth-order valence-electron chi connectivity index (χ4n) is 2.11. The minimum atomic E-state index is -0.249. The summed E-state index contributed by atoms with van der Waals surface area (Å²) in [4.78, 5) is 14.0. The maximum absolute atomic E-state index is 12.9. The van der Waals surface area contributed by atoms with Crippen LogP contribution in [0.25, 0.3) is 0 Å². The monoisotopic (exact) mass is 295 g/mol. The molecule has 1 rings (SSSR count). The molecule has 5 heteroatoms. The summed E-state index contributed by atoms with van der Waals surface area (Å²) in [5.74, 6) is -0.259. The van der Waals surface area contributed by atoms with Crippen LogP contribution >= 0.6 is 0 Å². The fourth-order valence-corrected chi connectivity index (χ4v) is 2.11. The third-order valence-electron chi connectivity index (χ3n) is 3.18. The molecule has 1 unspecified atom stereocenters. The molecule has 0 fully saturated rings. The van der Waals surface area contributed by atoms with Gasteiger partial charge in [-0.25, -0.2) is 4.39 Å². The Labute approximate surface area is 126 Å². The molecule has 1 aromatic rings. The van der Waals surface area contributed by atoms with Gasteiger partial charge in [0.05, 0.1) is 0 Å². The van der Waals surface area contributed by atoms with Gasteiger partial charge in [0, 0.05) is 31.1 Å². The second-order valence-corrected chi connectivity index (χ2v) is 6.43. The zero-order valence-corrected chi connectivity index (χ0v) is 13.3. The van der Waals surface area contributed by atoms with E-state index >= 15 is 0 Å². The lowest BCUT2D eigenvalue weighted by atomic mass is 10.1. The molecule has 0 heterocycles. The molecule has 1 aromatic carbocycles. The van der Waals surface area contributed by atoms with Crippen LogP contribution in [-0.4, -0.2) is 36.0 Å². The summed E-state index contributed by atoms with van der Waals surface area (Å²) in [6, 6.07) is 6.32. The summed E-state index contributed by atoms with van der Waals surface area (Å²) in [7, 11) is 1.92. The normalized spacial score (nSPS) is 13.3. The van der Waals surface area contributed by atoms with Crippen LogP contribution in [0.3, 0.4) is 0 Å². The van der Waals surface area contributed by atoms with E-state index in [2.05, 4.69) is 5.32 Å². The molecule has 0 aliphatic heterocycles. The SMILES string of the molecule is CN(Cc1ccc(F)cc1)C(CN)CC(=O)NC(C)(C)C. The van der Waals surface area contributed by atoms with Gasteiger partial charge < -0.3 is 11.1 Å². The highest BCUT2D eigenvalue weighted by molar-refractivity contribution is 5.77. The van der Waals surface area contributed by atoms with Crippen LogP contribution in [-0.2, 0) is 11.3 Å². The van der Waals surface area contributed by atoms with Gasteiger partial charge >= 0.3 is 0 Å². The van der Waals surface area contributed by atoms with Crippen LogP contribution in [0.5, 0.6) is 0 Å². The number of rotatable bonds is 6. The van der Waals surface area contributed by atoms with Crippen molar-refractivity contribution in [3.8, 4) is 0 Å². The molecule has 21 heavy (non-hydrogen) atoms. The maximum atomic E-state index is 12.9. The number of nitrogens with zero attached hydrogens (tertiary/aromatic N) is 1. The van der Waals surface area contributed by atoms with E-state index in [-0.39, 0.29) is 23.3 Å². The molecule has 0 aliphatic rings. The van der Waals surface area contributed by atoms with E-state index in [1.54, 1.807) is 12.1 Å². The third kappa shape index (κ3) is 6.69. The van der Waals surface area contributed by atoms with E-state index in [1.807, 2.05) is 32.7 Å². The molecule has 0 spiro atoms. The Morgan fingerprint density at radius 2 is 1.90 bits per heavy atom. The fraction of sp³-hybridized carbons (Fsp3) is 0.562. The average molecular weight is 295 g/mol. The predicted octanol–water partition coefficient (Wildman–Crippen LogP) is 1.89. The van der Waals surface area contributed by atoms with Crippen molar-refractivity contribution in [2.45, 2.75) is 45.3 Å². The van der Waals surface area contributed by atoms with E-state index in [9.17, 15) is 9.18 Å². The lowest BCUT2D eigenvalue weighted by Crippen LogP contribution is -2.46. The first-order valence-corrected chi connectivity index (χ1v) is 7.17. The molecule has 0 aliphatic carbocycles. The summed E-state index contributed by atoms with van der Waals surface area (Å²) in [5, 5.41) is 2.94. The van der Waals surface area contributed by atoms with Gasteiger partial charge in [-0.15, -0.1) is 0 Å². The van der Waals surface area contributed by atoms with Gasteiger partial charge in [0.2, 0.25) is 5.91 Å². The molecule has 0 saturated carbocycles. The number of likely N-dealkylation sites (N-methyl/N-ethyl adjacent to an activating group) is 1. The molecule has 1 atom stereocenters. The highest BCUT2D eigenvalue weighted by Gasteiger charge is 2.20. The van der Waals surface area contributed by atoms with Gasteiger partial charge in [-0.1, -0.05) is 12.1 Å². The number of carbonyl (C=O) groups is 1. The van der Waals surface area contributed by atoms with Crippen molar-refractivity contribution in [3.05, 3.63) is 35.6 Å². The van der Waals surface area contributed by atoms with E-state index in [0.717, 1.165) is 5.56 Å². The Morgan fingerprint density at radius 1 is 1.33 bits per heavy atom. The standard InChI is InChI=1S/C16H26FN3O/c1-16(2,3)19-15(21)9-14(10-18)20(4)11-12-5-7-13(17)8-6-12/h5-8,14H,9-11,18H2,1-4H3,(H,19,21). The molecular formula is C16H26FN3O. The summed E-state index contributed by atoms with van der Waals surface area (Å²) in [6.45, 7) is 6.87. The second kappa shape index (κ2) is 7.52. The lowest BCUT2D eigenvalue weighted by Gasteiger charge is -2.28. The zero-order chi connectivity index (χ0) is 16.0. The molecule has 0 saturated heterocycles. The molecule has 4 nitrogen and oxygen atoms in total. The molecular weight excluding hydrogens is 269 g/mol. The number of benzene rings is 1. The number of amides is 1. The van der Waals surface area contributed by atoms with Crippen molar-refractivity contribution in [2.75, 3.05) is 13.6 Å². The number of hydrogen-bond acceptors (Lipinski definition) is 3. The number of carbonyl (C=O) groups excluding carboxylic acids is 1. The first-order valence-electron chi connectivity index (χ1n) is 7.17. The summed E-state index contributed by atoms with van der Waals surface area (Å²) < 4.78 is 12.9. The lowest BCUT2D eigenvalue weighted by molar-refractivity contribution is -0.123. The van der Waals surface area contributed by atoms with Crippen LogP contribution in [0.4, 0.5) is 4.39 Å². The van der Waals surface area contributed by atoms with Crippen LogP contribution in [0.2, 0.25) is 0 Å². The van der Waals surface area contributed by atoms with E-state index in [1.165, 1.54) is 12.1 Å². The summed E-state index contributed by atoms with van der Waals surface area (Å²) >= 11 is 0.